The molecule has 0 saturated carbocycles. The topological polar surface area (TPSA) is 319 Å². The smallest absolute Gasteiger partial charge is 0.305 e. The Morgan fingerprint density at radius 1 is 0.400 bits per heavy atom. The summed E-state index contributed by atoms with van der Waals surface area (Å²) in [4.78, 5) is 88.4. The molecule has 3 atom stereocenters. The number of ether oxygens (including phenoxy) is 13. The molecule has 634 valence electrons. The Kier molecular flexibility index (Phi) is 31.5. The van der Waals surface area contributed by atoms with Gasteiger partial charge in [0, 0.05) is 138 Å². The largest absolute Gasteiger partial charge is 0.504 e. The van der Waals surface area contributed by atoms with E-state index in [0.717, 1.165) is 73.8 Å². The molecular formula is C91H104N8O21. The Balaban J connectivity index is 0.000000214. The molecule has 0 unspecified atom stereocenters. The maximum Gasteiger partial charge on any atom is 0.305 e. The zero-order valence-electron chi connectivity index (χ0n) is 68.8. The number of methoxy groups -OCH3 is 7. The van der Waals surface area contributed by atoms with E-state index in [0.29, 0.717) is 181 Å². The van der Waals surface area contributed by atoms with E-state index in [-0.39, 0.29) is 92.1 Å². The number of benzene rings is 8. The second-order valence-corrected chi connectivity index (χ2v) is 28.8. The number of carbonyl (C=O) groups excluding carboxylic acids is 5. The van der Waals surface area contributed by atoms with Crippen LogP contribution in [0.3, 0.4) is 0 Å². The van der Waals surface area contributed by atoms with Crippen molar-refractivity contribution >= 4 is 93.8 Å². The molecule has 29 heteroatoms. The molecule has 0 radical (unpaired) electrons. The van der Waals surface area contributed by atoms with Gasteiger partial charge in [-0.1, -0.05) is 60.7 Å². The first-order valence-corrected chi connectivity index (χ1v) is 40.0. The molecule has 0 saturated heterocycles. The van der Waals surface area contributed by atoms with Crippen LogP contribution in [0.25, 0.3) is 0 Å². The molecule has 14 rings (SSSR count). The molecule has 0 aliphatic carbocycles. The van der Waals surface area contributed by atoms with Crippen molar-refractivity contribution in [2.45, 2.75) is 89.5 Å². The van der Waals surface area contributed by atoms with Gasteiger partial charge in [-0.15, -0.1) is 0 Å². The van der Waals surface area contributed by atoms with Gasteiger partial charge in [0.2, 0.25) is 0 Å². The van der Waals surface area contributed by atoms with E-state index in [9.17, 15) is 39.3 Å². The van der Waals surface area contributed by atoms with Gasteiger partial charge in [-0.25, -0.2) is 0 Å². The lowest BCUT2D eigenvalue weighted by atomic mass is 10.1. The number of para-hydroxylation sites is 3. The number of aliphatic imine (C=N–C) groups is 3. The number of phenols is 1. The third-order valence-corrected chi connectivity index (χ3v) is 21.1. The van der Waals surface area contributed by atoms with Gasteiger partial charge in [0.25, 0.3) is 17.7 Å². The van der Waals surface area contributed by atoms with Crippen LogP contribution in [0.2, 0.25) is 0 Å². The minimum Gasteiger partial charge on any atom is -0.504 e. The second-order valence-electron chi connectivity index (χ2n) is 28.8. The third kappa shape index (κ3) is 21.8. The molecule has 0 bridgehead atoms. The number of amides is 3. The summed E-state index contributed by atoms with van der Waals surface area (Å²) in [6.07, 6.45) is 9.27. The zero-order valence-corrected chi connectivity index (χ0v) is 68.8. The lowest BCUT2D eigenvalue weighted by Crippen LogP contribution is -2.37. The van der Waals surface area contributed by atoms with Crippen LogP contribution in [0.1, 0.15) is 95.7 Å². The van der Waals surface area contributed by atoms with Crippen molar-refractivity contribution in [2.75, 3.05) is 167 Å². The number of phenolic OH excluding ortho intramolecular Hbond substituents is 1. The van der Waals surface area contributed by atoms with Gasteiger partial charge < -0.3 is 86.7 Å². The Morgan fingerprint density at radius 3 is 1.11 bits per heavy atom. The zero-order chi connectivity index (χ0) is 84.4. The lowest BCUT2D eigenvalue weighted by molar-refractivity contribution is -0.141. The van der Waals surface area contributed by atoms with Gasteiger partial charge in [0.05, 0.1) is 167 Å². The highest BCUT2D eigenvalue weighted by Gasteiger charge is 2.40. The summed E-state index contributed by atoms with van der Waals surface area (Å²) >= 11 is 0. The first-order valence-electron chi connectivity index (χ1n) is 40.0. The summed E-state index contributed by atoms with van der Waals surface area (Å²) in [7, 11) is 10.6. The maximum atomic E-state index is 14.1. The number of nitrogens with zero attached hydrogens (tertiary/aromatic N) is 8. The Morgan fingerprint density at radius 2 is 0.742 bits per heavy atom. The fourth-order valence-corrected chi connectivity index (χ4v) is 15.0. The first-order chi connectivity index (χ1) is 58.6. The van der Waals surface area contributed by atoms with Gasteiger partial charge in [-0.05, 0) is 119 Å². The van der Waals surface area contributed by atoms with E-state index in [2.05, 4.69) is 14.8 Å². The van der Waals surface area contributed by atoms with Crippen molar-refractivity contribution in [3.05, 3.63) is 201 Å². The van der Waals surface area contributed by atoms with Crippen LogP contribution in [0.4, 0.5) is 45.5 Å². The molecule has 0 aromatic heterocycles. The number of rotatable bonds is 39. The van der Waals surface area contributed by atoms with Gasteiger partial charge in [-0.2, -0.15) is 0 Å². The normalized spacial score (nSPS) is 15.3. The van der Waals surface area contributed by atoms with Crippen LogP contribution >= 0.6 is 0 Å². The first kappa shape index (κ1) is 87.5. The van der Waals surface area contributed by atoms with Crippen molar-refractivity contribution in [2.24, 2.45) is 15.0 Å². The molecule has 3 N–H and O–H groups in total. The second kappa shape index (κ2) is 43.2. The Bertz CT molecular complexity index is 4800. The number of hydrogen-bond acceptors (Lipinski definition) is 26. The van der Waals surface area contributed by atoms with Gasteiger partial charge >= 0.3 is 11.9 Å². The highest BCUT2D eigenvalue weighted by atomic mass is 16.6. The summed E-state index contributed by atoms with van der Waals surface area (Å²) in [6.45, 7) is 7.05. The lowest BCUT2D eigenvalue weighted by Gasteiger charge is -2.26. The minimum atomic E-state index is -0.294. The van der Waals surface area contributed by atoms with E-state index in [1.54, 1.807) is 85.8 Å². The van der Waals surface area contributed by atoms with Crippen LogP contribution in [-0.2, 0) is 93.2 Å². The average Bonchev–Trinajstić information content (AvgIpc) is 1.68. The number of aromatic hydroxyl groups is 1. The molecule has 6 heterocycles. The van der Waals surface area contributed by atoms with E-state index < -0.39 is 0 Å². The van der Waals surface area contributed by atoms with Gasteiger partial charge in [-0.3, -0.25) is 53.6 Å². The highest BCUT2D eigenvalue weighted by Crippen LogP contribution is 2.45. The summed E-state index contributed by atoms with van der Waals surface area (Å²) in [6, 6.07) is 44.7. The van der Waals surface area contributed by atoms with Crippen LogP contribution in [0.15, 0.2) is 161 Å². The van der Waals surface area contributed by atoms with Crippen molar-refractivity contribution in [1.29, 1.82) is 0 Å². The number of carbonyl (C=O) groups is 5. The molecule has 0 fully saturated rings. The number of fused-ring (bicyclic) bond motifs is 12. The fraction of sp³-hybridized carbons (Fsp3) is 0.385. The number of aliphatic hydroxyl groups excluding tert-OH is 2. The highest BCUT2D eigenvalue weighted by molar-refractivity contribution is 6.17. The average molecular weight is 1650 g/mol. The molecule has 6 aliphatic rings. The van der Waals surface area contributed by atoms with Crippen molar-refractivity contribution in [3.8, 4) is 34.5 Å². The van der Waals surface area contributed by atoms with Gasteiger partial charge in [0.1, 0.15) is 13.2 Å². The van der Waals surface area contributed by atoms with Gasteiger partial charge in [0.15, 0.2) is 34.5 Å². The fourth-order valence-electron chi connectivity index (χ4n) is 15.0. The predicted molar refractivity (Wildman–Crippen MR) is 455 cm³/mol. The number of hydrogen-bond donors (Lipinski definition) is 3. The number of aliphatic hydroxyl groups is 2. The standard InChI is InChI=1S/C54H57N5O11.C20H33NO7.C17H14N2O3/c1-63-18-19-68-21-20-67-17-16-57(15-9-14-52(60)66-4)39-23-35(33-69-50-29-44-42(27-48(50)64-2)53(61)58-40(31-55-44)25-37-10-5-7-12-46(37)58)22-36(24-39)34-70-51-30-45-43(28-49(51)65-3)54(62)59-41(32-56-45)26-38-11-6-8-13-47(38)59;1-25-8-9-28-11-10-27-7-6-21(5-3-4-20(24)26-2)19-13-17(15-22)12-18(14-19)16-23;1-22-16-7-12-13(8-15(16)20)18-9-11-6-10-4-2-3-5-14(10)19(11)17(12)21/h5-8,10-13,22-24,27-32,40-41H,9,14-21,25-26,33-34H2,1-4H3;12-14,22-23H,3-11,15-16H2,1-2H3;2-5,7-9,11,20H,6H2,1H3/t40-,41-;;11-/m0.0/s1. The molecule has 120 heavy (non-hydrogen) atoms. The van der Waals surface area contributed by atoms with Crippen molar-refractivity contribution in [1.82, 2.24) is 0 Å². The summed E-state index contributed by atoms with van der Waals surface area (Å²) in [5.74, 6) is 0.891. The molecule has 0 spiro atoms. The summed E-state index contributed by atoms with van der Waals surface area (Å²) < 4.78 is 72.1. The predicted octanol–water partition coefficient (Wildman–Crippen LogP) is 11.7. The molecule has 8 aromatic carbocycles. The number of anilines is 5. The van der Waals surface area contributed by atoms with E-state index in [1.807, 2.05) is 116 Å². The third-order valence-electron chi connectivity index (χ3n) is 21.1. The Labute approximate surface area is 698 Å². The molecule has 8 aromatic rings. The van der Waals surface area contributed by atoms with Crippen LogP contribution in [-0.4, -0.2) is 224 Å². The number of esters is 2. The van der Waals surface area contributed by atoms with Crippen LogP contribution in [0, 0.1) is 0 Å². The van der Waals surface area contributed by atoms with Crippen LogP contribution in [0.5, 0.6) is 34.5 Å². The van der Waals surface area contributed by atoms with Crippen molar-refractivity contribution in [3.63, 3.8) is 0 Å². The molecule has 3 amide bonds. The minimum absolute atomic E-state index is 0.0198. The maximum absolute atomic E-state index is 14.1. The summed E-state index contributed by atoms with van der Waals surface area (Å²) in [5, 5.41) is 28.8. The summed E-state index contributed by atoms with van der Waals surface area (Å²) in [5.41, 5.74) is 13.5. The van der Waals surface area contributed by atoms with E-state index in [4.69, 9.17) is 71.6 Å². The molecule has 6 aliphatic heterocycles. The van der Waals surface area contributed by atoms with Crippen LogP contribution < -0.4 is 48.2 Å². The molecule has 29 nitrogen and oxygen atoms in total. The van der Waals surface area contributed by atoms with E-state index >= 15 is 0 Å². The Hall–Kier alpha value is -11.8. The van der Waals surface area contributed by atoms with Crippen molar-refractivity contribution < 1.29 is 101 Å². The monoisotopic (exact) mass is 1640 g/mol. The SMILES string of the molecule is COCCOCCOCCN(CCCC(=O)OC)c1cc(CO)cc(CO)c1.COCCOCCOCCN(CCCC(=O)OC)c1cc(COc2cc3c(cc2OC)C(=O)N2c4ccccc4C[C@H]2C=N3)cc(COc2cc3c(cc2OC)C(=O)N2c4ccccc4C[C@H]2C=N3)c1.COc1cc2c(cc1O)N=C[C@@H]1Cc3ccccc3N1C2=O. The molecular weight excluding hydrogens is 1540 g/mol. The van der Waals surface area contributed by atoms with E-state index in [1.165, 1.54) is 27.4 Å². The quantitative estimate of drug-likeness (QED) is 0.0238.